The molecule has 1 heterocycles. The number of nitriles is 1. The van der Waals surface area contributed by atoms with Gasteiger partial charge in [-0.25, -0.2) is 0 Å². The van der Waals surface area contributed by atoms with Gasteiger partial charge in [-0.15, -0.1) is 0 Å². The number of hydrogen-bond donors (Lipinski definition) is 2. The van der Waals surface area contributed by atoms with E-state index in [1.807, 2.05) is 49.4 Å². The molecule has 1 aliphatic heterocycles. The first-order valence-electron chi connectivity index (χ1n) is 8.22. The Bertz CT molecular complexity index is 953. The van der Waals surface area contributed by atoms with E-state index in [1.165, 1.54) is 0 Å². The molecule has 0 saturated heterocycles. The van der Waals surface area contributed by atoms with Crippen molar-refractivity contribution in [3.8, 4) is 6.07 Å². The summed E-state index contributed by atoms with van der Waals surface area (Å²) in [4.78, 5) is 13.0. The molecule has 130 valence electrons. The summed E-state index contributed by atoms with van der Waals surface area (Å²) in [6, 6.07) is 18.9. The van der Waals surface area contributed by atoms with E-state index < -0.39 is 5.92 Å². The number of nitrogens with zero attached hydrogens (tertiary/aromatic N) is 1. The minimum absolute atomic E-state index is 0.0350. The second-order valence-corrected chi connectivity index (χ2v) is 6.13. The summed E-state index contributed by atoms with van der Waals surface area (Å²) in [5, 5.41) is 12.5. The van der Waals surface area contributed by atoms with Gasteiger partial charge in [-0.1, -0.05) is 48.0 Å². The van der Waals surface area contributed by atoms with Crippen molar-refractivity contribution in [1.82, 2.24) is 0 Å². The van der Waals surface area contributed by atoms with Crippen molar-refractivity contribution in [2.75, 3.05) is 5.32 Å². The predicted octanol–water partition coefficient (Wildman–Crippen LogP) is 3.72. The third kappa shape index (κ3) is 3.31. The number of carbonyl (C=O) groups is 1. The lowest BCUT2D eigenvalue weighted by Gasteiger charge is -2.27. The molecule has 0 fully saturated rings. The first kappa shape index (κ1) is 17.3. The molecule has 1 amide bonds. The number of benzene rings is 2. The van der Waals surface area contributed by atoms with Crippen LogP contribution in [0.1, 0.15) is 24.0 Å². The van der Waals surface area contributed by atoms with Gasteiger partial charge in [-0.2, -0.15) is 5.26 Å². The lowest BCUT2D eigenvalue weighted by Crippen LogP contribution is -2.27. The monoisotopic (exact) mass is 345 g/mol. The molecular weight excluding hydrogens is 326 g/mol. The van der Waals surface area contributed by atoms with Crippen LogP contribution in [0, 0.1) is 18.3 Å². The number of ether oxygens (including phenoxy) is 1. The Labute approximate surface area is 152 Å². The van der Waals surface area contributed by atoms with E-state index in [4.69, 9.17) is 10.5 Å². The number of aryl methyl sites for hydroxylation is 1. The summed E-state index contributed by atoms with van der Waals surface area (Å²) >= 11 is 0. The number of rotatable bonds is 3. The van der Waals surface area contributed by atoms with E-state index in [0.717, 1.165) is 11.1 Å². The molecule has 1 aliphatic rings. The summed E-state index contributed by atoms with van der Waals surface area (Å²) < 4.78 is 5.50. The van der Waals surface area contributed by atoms with Gasteiger partial charge in [0.05, 0.1) is 11.5 Å². The van der Waals surface area contributed by atoms with Crippen LogP contribution in [0.5, 0.6) is 0 Å². The Morgan fingerprint density at radius 2 is 1.88 bits per heavy atom. The first-order valence-corrected chi connectivity index (χ1v) is 8.22. The third-order valence-corrected chi connectivity index (χ3v) is 4.26. The van der Waals surface area contributed by atoms with Gasteiger partial charge in [-0.3, -0.25) is 4.79 Å². The maximum atomic E-state index is 13.0. The minimum atomic E-state index is -0.572. The van der Waals surface area contributed by atoms with Gasteiger partial charge in [-0.05, 0) is 31.5 Å². The summed E-state index contributed by atoms with van der Waals surface area (Å²) in [6.07, 6.45) is 0. The van der Waals surface area contributed by atoms with E-state index in [9.17, 15) is 10.1 Å². The highest BCUT2D eigenvalue weighted by molar-refractivity contribution is 6.06. The van der Waals surface area contributed by atoms with Crippen LogP contribution in [0.25, 0.3) is 0 Å². The average molecular weight is 345 g/mol. The van der Waals surface area contributed by atoms with Gasteiger partial charge in [0.2, 0.25) is 5.88 Å². The lowest BCUT2D eigenvalue weighted by atomic mass is 9.82. The van der Waals surface area contributed by atoms with E-state index in [2.05, 4.69) is 11.4 Å². The molecule has 0 saturated carbocycles. The van der Waals surface area contributed by atoms with Crippen molar-refractivity contribution in [2.24, 2.45) is 5.73 Å². The van der Waals surface area contributed by atoms with E-state index in [1.54, 1.807) is 19.1 Å². The van der Waals surface area contributed by atoms with Crippen LogP contribution in [0.4, 0.5) is 5.69 Å². The second-order valence-electron chi connectivity index (χ2n) is 6.13. The molecule has 2 aromatic carbocycles. The van der Waals surface area contributed by atoms with Gasteiger partial charge in [0.15, 0.2) is 0 Å². The van der Waals surface area contributed by atoms with Gasteiger partial charge in [0.1, 0.15) is 17.4 Å². The van der Waals surface area contributed by atoms with Crippen LogP contribution in [0.3, 0.4) is 0 Å². The van der Waals surface area contributed by atoms with Crippen molar-refractivity contribution in [2.45, 2.75) is 19.8 Å². The average Bonchev–Trinajstić information content (AvgIpc) is 2.61. The van der Waals surface area contributed by atoms with Crippen molar-refractivity contribution in [1.29, 1.82) is 5.26 Å². The zero-order valence-corrected chi connectivity index (χ0v) is 14.6. The highest BCUT2D eigenvalue weighted by atomic mass is 16.5. The zero-order chi connectivity index (χ0) is 18.7. The number of hydrogen-bond acceptors (Lipinski definition) is 4. The Hall–Kier alpha value is -3.52. The molecule has 3 rings (SSSR count). The van der Waals surface area contributed by atoms with Crippen LogP contribution in [-0.4, -0.2) is 5.91 Å². The van der Waals surface area contributed by atoms with Crippen LogP contribution < -0.4 is 11.1 Å². The molecular formula is C21H19N3O2. The number of carbonyl (C=O) groups excluding carboxylic acids is 1. The molecule has 1 atom stereocenters. The number of para-hydroxylation sites is 1. The number of nitrogens with two attached hydrogens (primary N) is 1. The Morgan fingerprint density at radius 1 is 1.15 bits per heavy atom. The minimum Gasteiger partial charge on any atom is -0.445 e. The van der Waals surface area contributed by atoms with Gasteiger partial charge < -0.3 is 15.8 Å². The SMILES string of the molecule is CC1=C(C(=O)Nc2ccccc2)[C@H](c2cccc(C)c2)C(C#N)=C(N)O1. The number of anilines is 1. The molecule has 0 spiro atoms. The largest absolute Gasteiger partial charge is 0.445 e. The van der Waals surface area contributed by atoms with Gasteiger partial charge in [0, 0.05) is 5.69 Å². The predicted molar refractivity (Wildman–Crippen MR) is 99.6 cm³/mol. The molecule has 5 heteroatoms. The highest BCUT2D eigenvalue weighted by Crippen LogP contribution is 2.39. The smallest absolute Gasteiger partial charge is 0.255 e. The fourth-order valence-electron chi connectivity index (χ4n) is 3.08. The van der Waals surface area contributed by atoms with E-state index in [-0.39, 0.29) is 17.4 Å². The van der Waals surface area contributed by atoms with E-state index in [0.29, 0.717) is 17.0 Å². The van der Waals surface area contributed by atoms with Gasteiger partial charge >= 0.3 is 0 Å². The van der Waals surface area contributed by atoms with Crippen molar-refractivity contribution < 1.29 is 9.53 Å². The number of amides is 1. The standard InChI is InChI=1S/C21H19N3O2/c1-13-7-6-8-15(11-13)19-17(12-22)20(23)26-14(2)18(19)21(25)24-16-9-4-3-5-10-16/h3-11,19H,23H2,1-2H3,(H,24,25)/t19-/m1/s1. The van der Waals surface area contributed by atoms with Crippen molar-refractivity contribution in [3.63, 3.8) is 0 Å². The second kappa shape index (κ2) is 7.16. The molecule has 5 nitrogen and oxygen atoms in total. The fourth-order valence-corrected chi connectivity index (χ4v) is 3.08. The van der Waals surface area contributed by atoms with Crippen LogP contribution in [-0.2, 0) is 9.53 Å². The summed E-state index contributed by atoms with van der Waals surface area (Å²) in [7, 11) is 0. The Morgan fingerprint density at radius 3 is 2.54 bits per heavy atom. The van der Waals surface area contributed by atoms with Gasteiger partial charge in [0.25, 0.3) is 5.91 Å². The Kier molecular flexibility index (Phi) is 4.76. The quantitative estimate of drug-likeness (QED) is 0.887. The highest BCUT2D eigenvalue weighted by Gasteiger charge is 2.35. The maximum absolute atomic E-state index is 13.0. The molecule has 0 bridgehead atoms. The summed E-state index contributed by atoms with van der Waals surface area (Å²) in [6.45, 7) is 3.64. The molecule has 0 unspecified atom stereocenters. The lowest BCUT2D eigenvalue weighted by molar-refractivity contribution is -0.113. The molecule has 2 aromatic rings. The molecule has 0 aliphatic carbocycles. The Balaban J connectivity index is 2.07. The molecule has 0 radical (unpaired) electrons. The third-order valence-electron chi connectivity index (χ3n) is 4.26. The van der Waals surface area contributed by atoms with Crippen molar-refractivity contribution >= 4 is 11.6 Å². The summed E-state index contributed by atoms with van der Waals surface area (Å²) in [5.74, 6) is -0.466. The summed E-state index contributed by atoms with van der Waals surface area (Å²) in [5.41, 5.74) is 9.07. The van der Waals surface area contributed by atoms with Crippen LogP contribution >= 0.6 is 0 Å². The fraction of sp³-hybridized carbons (Fsp3) is 0.143. The first-order chi connectivity index (χ1) is 12.5. The zero-order valence-electron chi connectivity index (χ0n) is 14.6. The maximum Gasteiger partial charge on any atom is 0.255 e. The number of allylic oxidation sites excluding steroid dienone is 2. The van der Waals surface area contributed by atoms with Crippen molar-refractivity contribution in [3.05, 3.63) is 88.5 Å². The van der Waals surface area contributed by atoms with E-state index >= 15 is 0 Å². The molecule has 26 heavy (non-hydrogen) atoms. The van der Waals surface area contributed by atoms with Crippen LogP contribution in [0.15, 0.2) is 77.4 Å². The number of nitrogens with one attached hydrogen (secondary N) is 1. The molecule has 3 N–H and O–H groups in total. The molecule has 0 aromatic heterocycles. The normalized spacial score (nSPS) is 16.7. The van der Waals surface area contributed by atoms with Crippen LogP contribution in [0.2, 0.25) is 0 Å². The topological polar surface area (TPSA) is 88.1 Å².